The number of rotatable bonds is 4. The van der Waals surface area contributed by atoms with E-state index in [9.17, 15) is 14.0 Å². The second kappa shape index (κ2) is 7.12. The average Bonchev–Trinajstić information content (AvgIpc) is 2.95. The number of amides is 1. The first-order chi connectivity index (χ1) is 13.8. The monoisotopic (exact) mass is 394 g/mol. The fraction of sp³-hybridized carbons (Fsp3) is 0.304. The van der Waals surface area contributed by atoms with Crippen LogP contribution in [0.15, 0.2) is 45.6 Å². The number of hydrogen-bond donors (Lipinski definition) is 0. The number of aryl methyl sites for hydroxylation is 2. The van der Waals surface area contributed by atoms with Gasteiger partial charge in [0.1, 0.15) is 11.4 Å². The Bertz CT molecular complexity index is 1170. The van der Waals surface area contributed by atoms with Gasteiger partial charge < -0.3 is 14.2 Å². The summed E-state index contributed by atoms with van der Waals surface area (Å²) in [4.78, 5) is 30.3. The molecule has 1 amide bonds. The van der Waals surface area contributed by atoms with Crippen molar-refractivity contribution < 1.29 is 13.6 Å². The quantitative estimate of drug-likeness (QED) is 0.678. The largest absolute Gasteiger partial charge is 0.450 e. The second-order valence-corrected chi connectivity index (χ2v) is 7.86. The Morgan fingerprint density at radius 3 is 2.38 bits per heavy atom. The van der Waals surface area contributed by atoms with Crippen LogP contribution in [0.4, 0.5) is 4.39 Å². The number of likely N-dealkylation sites (N-methyl/N-ethyl adjacent to an activating group) is 1. The Labute approximate surface area is 168 Å². The molecule has 150 valence electrons. The van der Waals surface area contributed by atoms with Crippen molar-refractivity contribution in [3.63, 3.8) is 0 Å². The fourth-order valence-electron chi connectivity index (χ4n) is 3.81. The average molecular weight is 394 g/mol. The van der Waals surface area contributed by atoms with Crippen LogP contribution in [0.3, 0.4) is 0 Å². The van der Waals surface area contributed by atoms with Crippen molar-refractivity contribution >= 4 is 16.9 Å². The maximum atomic E-state index is 13.5. The minimum atomic E-state index is -0.597. The molecule has 29 heavy (non-hydrogen) atoms. The molecule has 0 N–H and O–H groups in total. The summed E-state index contributed by atoms with van der Waals surface area (Å²) in [6.07, 6.45) is 0. The first kappa shape index (κ1) is 19.3. The summed E-state index contributed by atoms with van der Waals surface area (Å²) >= 11 is 0. The number of carbonyl (C=O) groups excluding carboxylic acids is 1. The Balaban J connectivity index is 1.96. The van der Waals surface area contributed by atoms with Crippen LogP contribution in [-0.2, 0) is 0 Å². The third-order valence-corrected chi connectivity index (χ3v) is 5.56. The fourth-order valence-corrected chi connectivity index (χ4v) is 3.81. The predicted octanol–water partition coefficient (Wildman–Crippen LogP) is 3.66. The van der Waals surface area contributed by atoms with E-state index in [1.165, 1.54) is 12.1 Å². The highest BCUT2D eigenvalue weighted by molar-refractivity contribution is 5.99. The van der Waals surface area contributed by atoms with Crippen molar-refractivity contribution in [2.45, 2.75) is 19.9 Å². The minimum absolute atomic E-state index is 0.0823. The van der Waals surface area contributed by atoms with Crippen molar-refractivity contribution in [2.24, 2.45) is 0 Å². The van der Waals surface area contributed by atoms with Crippen LogP contribution in [0.5, 0.6) is 0 Å². The van der Waals surface area contributed by atoms with E-state index in [1.807, 2.05) is 38.9 Å². The van der Waals surface area contributed by atoms with Crippen molar-refractivity contribution in [1.29, 1.82) is 0 Å². The van der Waals surface area contributed by atoms with Crippen LogP contribution in [0.2, 0.25) is 0 Å². The van der Waals surface area contributed by atoms with Gasteiger partial charge in [-0.25, -0.2) is 4.39 Å². The third kappa shape index (κ3) is 3.23. The van der Waals surface area contributed by atoms with Crippen molar-refractivity contribution in [2.75, 3.05) is 27.2 Å². The van der Waals surface area contributed by atoms with Gasteiger partial charge in [0.15, 0.2) is 5.43 Å². The third-order valence-electron chi connectivity index (χ3n) is 5.56. The number of benzene rings is 2. The summed E-state index contributed by atoms with van der Waals surface area (Å²) < 4.78 is 19.5. The molecule has 6 heteroatoms. The zero-order valence-electron chi connectivity index (χ0n) is 17.0. The first-order valence-corrected chi connectivity index (χ1v) is 9.57. The molecule has 0 spiro atoms. The Hall–Kier alpha value is -2.99. The molecular weight excluding hydrogens is 371 g/mol. The lowest BCUT2D eigenvalue weighted by atomic mass is 9.97. The zero-order valence-corrected chi connectivity index (χ0v) is 17.0. The predicted molar refractivity (Wildman–Crippen MR) is 110 cm³/mol. The van der Waals surface area contributed by atoms with Gasteiger partial charge >= 0.3 is 0 Å². The Morgan fingerprint density at radius 2 is 1.72 bits per heavy atom. The van der Waals surface area contributed by atoms with Crippen LogP contribution in [0.25, 0.3) is 11.0 Å². The standard InChI is InChI=1S/C23H23FN2O3/c1-13-11-17-18(12-14(13)2)29-22-19(21(17)27)20(15-5-7-16(24)8-6-15)26(23(22)28)10-9-25(3)4/h5-8,11-12,20H,9-10H2,1-4H3. The molecule has 0 saturated heterocycles. The summed E-state index contributed by atoms with van der Waals surface area (Å²) in [5.41, 5.74) is 3.20. The molecule has 1 aromatic heterocycles. The van der Waals surface area contributed by atoms with Crippen LogP contribution in [0, 0.1) is 19.7 Å². The highest BCUT2D eigenvalue weighted by Gasteiger charge is 2.42. The topological polar surface area (TPSA) is 53.8 Å². The van der Waals surface area contributed by atoms with Crippen LogP contribution >= 0.6 is 0 Å². The summed E-state index contributed by atoms with van der Waals surface area (Å²) in [6.45, 7) is 4.93. The van der Waals surface area contributed by atoms with Gasteiger partial charge in [-0.1, -0.05) is 12.1 Å². The number of nitrogens with zero attached hydrogens (tertiary/aromatic N) is 2. The molecule has 4 rings (SSSR count). The van der Waals surface area contributed by atoms with E-state index < -0.39 is 6.04 Å². The van der Waals surface area contributed by atoms with Gasteiger partial charge in [0.2, 0.25) is 5.76 Å². The maximum absolute atomic E-state index is 13.5. The van der Waals surface area contributed by atoms with E-state index in [0.717, 1.165) is 11.1 Å². The molecule has 0 aliphatic carbocycles. The van der Waals surface area contributed by atoms with Gasteiger partial charge in [-0.15, -0.1) is 0 Å². The lowest BCUT2D eigenvalue weighted by Crippen LogP contribution is -2.35. The van der Waals surface area contributed by atoms with Crippen molar-refractivity contribution in [1.82, 2.24) is 9.80 Å². The van der Waals surface area contributed by atoms with Crippen LogP contribution in [0.1, 0.15) is 38.9 Å². The number of hydrogen-bond acceptors (Lipinski definition) is 4. The molecule has 2 heterocycles. The second-order valence-electron chi connectivity index (χ2n) is 7.86. The smallest absolute Gasteiger partial charge is 0.290 e. The summed E-state index contributed by atoms with van der Waals surface area (Å²) in [7, 11) is 3.84. The highest BCUT2D eigenvalue weighted by Crippen LogP contribution is 2.38. The molecule has 5 nitrogen and oxygen atoms in total. The van der Waals surface area contributed by atoms with Crippen molar-refractivity contribution in [3.8, 4) is 0 Å². The van der Waals surface area contributed by atoms with E-state index in [0.29, 0.717) is 35.2 Å². The summed E-state index contributed by atoms with van der Waals surface area (Å²) in [5, 5.41) is 0.459. The molecule has 0 fully saturated rings. The van der Waals surface area contributed by atoms with Gasteiger partial charge in [0, 0.05) is 13.1 Å². The molecular formula is C23H23FN2O3. The Kier molecular flexibility index (Phi) is 4.74. The molecule has 1 aliphatic rings. The summed E-state index contributed by atoms with van der Waals surface area (Å²) in [6, 6.07) is 8.95. The van der Waals surface area contributed by atoms with E-state index in [2.05, 4.69) is 0 Å². The molecule has 1 aliphatic heterocycles. The SMILES string of the molecule is Cc1cc2oc3c(c(=O)c2cc1C)C(c1ccc(F)cc1)N(CCN(C)C)C3=O. The highest BCUT2D eigenvalue weighted by atomic mass is 19.1. The van der Waals surface area contributed by atoms with Crippen molar-refractivity contribution in [3.05, 3.63) is 80.5 Å². The number of fused-ring (bicyclic) bond motifs is 2. The van der Waals surface area contributed by atoms with E-state index in [-0.39, 0.29) is 22.9 Å². The number of halogens is 1. The van der Waals surface area contributed by atoms with E-state index in [1.54, 1.807) is 23.1 Å². The molecule has 2 aromatic carbocycles. The minimum Gasteiger partial charge on any atom is -0.450 e. The molecule has 0 bridgehead atoms. The van der Waals surface area contributed by atoms with Gasteiger partial charge in [-0.3, -0.25) is 9.59 Å². The van der Waals surface area contributed by atoms with E-state index in [4.69, 9.17) is 4.42 Å². The number of carbonyl (C=O) groups is 1. The lowest BCUT2D eigenvalue weighted by molar-refractivity contribution is 0.0716. The summed E-state index contributed by atoms with van der Waals surface area (Å²) in [5.74, 6) is -0.595. The van der Waals surface area contributed by atoms with Crippen LogP contribution in [-0.4, -0.2) is 42.9 Å². The van der Waals surface area contributed by atoms with Gasteiger partial charge in [0.25, 0.3) is 5.91 Å². The lowest BCUT2D eigenvalue weighted by Gasteiger charge is -2.26. The maximum Gasteiger partial charge on any atom is 0.290 e. The molecule has 1 atom stereocenters. The first-order valence-electron chi connectivity index (χ1n) is 9.57. The molecule has 3 aromatic rings. The van der Waals surface area contributed by atoms with Gasteiger partial charge in [0.05, 0.1) is 17.0 Å². The van der Waals surface area contributed by atoms with Gasteiger partial charge in [-0.05, 0) is 68.9 Å². The molecule has 1 unspecified atom stereocenters. The normalized spacial score (nSPS) is 16.1. The zero-order chi connectivity index (χ0) is 20.9. The van der Waals surface area contributed by atoms with E-state index >= 15 is 0 Å². The molecule has 0 saturated carbocycles. The van der Waals surface area contributed by atoms with Gasteiger partial charge in [-0.2, -0.15) is 0 Å². The molecule has 0 radical (unpaired) electrons. The Morgan fingerprint density at radius 1 is 1.07 bits per heavy atom. The van der Waals surface area contributed by atoms with Crippen LogP contribution < -0.4 is 5.43 Å².